The minimum absolute atomic E-state index is 0.00223. The van der Waals surface area contributed by atoms with E-state index in [0.717, 1.165) is 12.8 Å². The van der Waals surface area contributed by atoms with Crippen molar-refractivity contribution in [3.8, 4) is 0 Å². The van der Waals surface area contributed by atoms with E-state index in [-0.39, 0.29) is 23.4 Å². The summed E-state index contributed by atoms with van der Waals surface area (Å²) in [5.74, 6) is -0.812. The predicted octanol–water partition coefficient (Wildman–Crippen LogP) is 2.14. The molecule has 0 spiro atoms. The molecule has 3 saturated heterocycles. The van der Waals surface area contributed by atoms with E-state index in [4.69, 9.17) is 4.74 Å². The molecule has 3 heterocycles. The standard InChI is InChI=1S/C17H20N2O5/c1-9-8-10(4-5-11(9)19(22)23)18-14(20)12-13(15(18)21)17(3)7-6-16(12,2)24-17/h4-5,8,12-14,20H,6-7H2,1-3H3/t12-,13?,14?,16?,17?/m0/s1. The molecule has 5 atom stereocenters. The quantitative estimate of drug-likeness (QED) is 0.661. The Morgan fingerprint density at radius 3 is 2.58 bits per heavy atom. The molecule has 0 saturated carbocycles. The van der Waals surface area contributed by atoms with E-state index in [2.05, 4.69) is 0 Å². The van der Waals surface area contributed by atoms with Gasteiger partial charge in [-0.05, 0) is 45.7 Å². The van der Waals surface area contributed by atoms with Crippen molar-refractivity contribution in [1.29, 1.82) is 0 Å². The second kappa shape index (κ2) is 4.55. The Morgan fingerprint density at radius 2 is 2.00 bits per heavy atom. The first-order chi connectivity index (χ1) is 11.2. The van der Waals surface area contributed by atoms with Gasteiger partial charge in [0, 0.05) is 23.2 Å². The van der Waals surface area contributed by atoms with Crippen LogP contribution in [0.2, 0.25) is 0 Å². The lowest BCUT2D eigenvalue weighted by atomic mass is 9.69. The first-order valence-corrected chi connectivity index (χ1v) is 8.14. The number of ether oxygens (including phenoxy) is 1. The summed E-state index contributed by atoms with van der Waals surface area (Å²) >= 11 is 0. The van der Waals surface area contributed by atoms with Gasteiger partial charge in [0.05, 0.1) is 22.0 Å². The second-order valence-corrected chi connectivity index (χ2v) is 7.58. The molecular weight excluding hydrogens is 312 g/mol. The van der Waals surface area contributed by atoms with E-state index in [9.17, 15) is 20.0 Å². The fourth-order valence-corrected chi connectivity index (χ4v) is 4.93. The third kappa shape index (κ3) is 1.76. The van der Waals surface area contributed by atoms with E-state index in [0.29, 0.717) is 11.3 Å². The largest absolute Gasteiger partial charge is 0.373 e. The monoisotopic (exact) mass is 332 g/mol. The van der Waals surface area contributed by atoms with Crippen molar-refractivity contribution in [3.05, 3.63) is 33.9 Å². The van der Waals surface area contributed by atoms with Gasteiger partial charge >= 0.3 is 0 Å². The van der Waals surface area contributed by atoms with E-state index in [1.54, 1.807) is 13.0 Å². The van der Waals surface area contributed by atoms with Gasteiger partial charge in [0.25, 0.3) is 5.69 Å². The minimum atomic E-state index is -0.976. The number of carbonyl (C=O) groups excluding carboxylic acids is 1. The van der Waals surface area contributed by atoms with Crippen molar-refractivity contribution >= 4 is 17.3 Å². The zero-order valence-corrected chi connectivity index (χ0v) is 13.9. The average molecular weight is 332 g/mol. The number of nitro groups is 1. The second-order valence-electron chi connectivity index (χ2n) is 7.58. The summed E-state index contributed by atoms with van der Waals surface area (Å²) in [7, 11) is 0. The van der Waals surface area contributed by atoms with Gasteiger partial charge in [0.15, 0.2) is 0 Å². The summed E-state index contributed by atoms with van der Waals surface area (Å²) < 4.78 is 6.12. The topological polar surface area (TPSA) is 92.9 Å². The fourth-order valence-electron chi connectivity index (χ4n) is 4.93. The zero-order valence-electron chi connectivity index (χ0n) is 13.9. The van der Waals surface area contributed by atoms with Crippen LogP contribution in [0.15, 0.2) is 18.2 Å². The third-order valence-electron chi connectivity index (χ3n) is 6.05. The molecule has 128 valence electrons. The van der Waals surface area contributed by atoms with Crippen LogP contribution < -0.4 is 4.90 Å². The normalized spacial score (nSPS) is 40.2. The SMILES string of the molecule is Cc1cc(N2C(=O)C3[C@@H](C2O)C2(C)CCC3(C)O2)ccc1[N+](=O)[O-]. The number of aliphatic hydroxyl groups is 1. The first-order valence-electron chi connectivity index (χ1n) is 8.14. The lowest BCUT2D eigenvalue weighted by Gasteiger charge is -2.32. The minimum Gasteiger partial charge on any atom is -0.373 e. The van der Waals surface area contributed by atoms with Gasteiger partial charge in [0.2, 0.25) is 5.91 Å². The highest BCUT2D eigenvalue weighted by atomic mass is 16.6. The molecule has 7 nitrogen and oxygen atoms in total. The number of anilines is 1. The van der Waals surface area contributed by atoms with Crippen LogP contribution in [0.1, 0.15) is 32.3 Å². The Bertz CT molecular complexity index is 765. The number of nitrogens with zero attached hydrogens (tertiary/aromatic N) is 2. The highest BCUT2D eigenvalue weighted by Crippen LogP contribution is 2.62. The van der Waals surface area contributed by atoms with Crippen molar-refractivity contribution in [2.75, 3.05) is 4.90 Å². The molecule has 0 radical (unpaired) electrons. The molecule has 4 unspecified atom stereocenters. The molecule has 4 rings (SSSR count). The van der Waals surface area contributed by atoms with Crippen molar-refractivity contribution in [1.82, 2.24) is 0 Å². The maximum absolute atomic E-state index is 13.0. The van der Waals surface area contributed by atoms with Crippen molar-refractivity contribution < 1.29 is 19.6 Å². The van der Waals surface area contributed by atoms with Crippen molar-refractivity contribution in [3.63, 3.8) is 0 Å². The van der Waals surface area contributed by atoms with Gasteiger partial charge < -0.3 is 9.84 Å². The predicted molar refractivity (Wildman–Crippen MR) is 85.4 cm³/mol. The maximum Gasteiger partial charge on any atom is 0.272 e. The van der Waals surface area contributed by atoms with Gasteiger partial charge in [-0.2, -0.15) is 0 Å². The number of rotatable bonds is 2. The van der Waals surface area contributed by atoms with Crippen LogP contribution in [0.4, 0.5) is 11.4 Å². The summed E-state index contributed by atoms with van der Waals surface area (Å²) in [5.41, 5.74) is -0.0774. The molecule has 3 aliphatic heterocycles. The fraction of sp³-hybridized carbons (Fsp3) is 0.588. The Balaban J connectivity index is 1.75. The average Bonchev–Trinajstić information content (AvgIpc) is 3.03. The number of aryl methyl sites for hydroxylation is 1. The van der Waals surface area contributed by atoms with E-state index < -0.39 is 22.4 Å². The highest BCUT2D eigenvalue weighted by molar-refractivity contribution is 5.99. The highest BCUT2D eigenvalue weighted by Gasteiger charge is 2.72. The molecular formula is C17H20N2O5. The lowest BCUT2D eigenvalue weighted by Crippen LogP contribution is -2.43. The number of fused-ring (bicyclic) bond motifs is 5. The van der Waals surface area contributed by atoms with Crippen LogP contribution in [0.5, 0.6) is 0 Å². The molecule has 3 fully saturated rings. The number of hydrogen-bond donors (Lipinski definition) is 1. The van der Waals surface area contributed by atoms with Crippen LogP contribution in [0.25, 0.3) is 0 Å². The molecule has 1 aromatic carbocycles. The molecule has 7 heteroatoms. The Kier molecular flexibility index (Phi) is 2.94. The van der Waals surface area contributed by atoms with Crippen LogP contribution in [-0.2, 0) is 9.53 Å². The van der Waals surface area contributed by atoms with Gasteiger partial charge in [0.1, 0.15) is 6.23 Å². The molecule has 1 amide bonds. The summed E-state index contributed by atoms with van der Waals surface area (Å²) in [6.45, 7) is 5.53. The maximum atomic E-state index is 13.0. The van der Waals surface area contributed by atoms with E-state index in [1.165, 1.54) is 17.0 Å². The van der Waals surface area contributed by atoms with Gasteiger partial charge in [-0.1, -0.05) is 0 Å². The molecule has 24 heavy (non-hydrogen) atoms. The zero-order chi connectivity index (χ0) is 17.4. The molecule has 0 aliphatic carbocycles. The number of carbonyl (C=O) groups is 1. The number of hydrogen-bond acceptors (Lipinski definition) is 5. The Hall–Kier alpha value is -1.99. The van der Waals surface area contributed by atoms with Crippen LogP contribution in [0, 0.1) is 28.9 Å². The number of benzene rings is 1. The number of amides is 1. The summed E-state index contributed by atoms with van der Waals surface area (Å²) in [6.07, 6.45) is 0.647. The molecule has 1 N–H and O–H groups in total. The van der Waals surface area contributed by atoms with Gasteiger partial charge in [-0.15, -0.1) is 0 Å². The van der Waals surface area contributed by atoms with E-state index >= 15 is 0 Å². The summed E-state index contributed by atoms with van der Waals surface area (Å²) in [4.78, 5) is 24.9. The number of aliphatic hydroxyl groups excluding tert-OH is 1. The number of nitro benzene ring substituents is 1. The van der Waals surface area contributed by atoms with Crippen molar-refractivity contribution in [2.24, 2.45) is 11.8 Å². The first kappa shape index (κ1) is 15.5. The molecule has 2 bridgehead atoms. The molecule has 3 aliphatic rings. The van der Waals surface area contributed by atoms with Crippen molar-refractivity contribution in [2.45, 2.75) is 51.0 Å². The van der Waals surface area contributed by atoms with Crippen LogP contribution in [-0.4, -0.2) is 33.4 Å². The Morgan fingerprint density at radius 1 is 1.33 bits per heavy atom. The summed E-state index contributed by atoms with van der Waals surface area (Å²) in [6, 6.07) is 4.50. The third-order valence-corrected chi connectivity index (χ3v) is 6.05. The van der Waals surface area contributed by atoms with Gasteiger partial charge in [-0.3, -0.25) is 19.8 Å². The van der Waals surface area contributed by atoms with E-state index in [1.807, 2.05) is 13.8 Å². The van der Waals surface area contributed by atoms with Crippen LogP contribution >= 0.6 is 0 Å². The molecule has 0 aromatic heterocycles. The smallest absolute Gasteiger partial charge is 0.272 e. The molecule has 1 aromatic rings. The van der Waals surface area contributed by atoms with Gasteiger partial charge in [-0.25, -0.2) is 0 Å². The van der Waals surface area contributed by atoms with Crippen LogP contribution in [0.3, 0.4) is 0 Å². The Labute approximate surface area is 139 Å². The lowest BCUT2D eigenvalue weighted by molar-refractivity contribution is -0.385. The summed E-state index contributed by atoms with van der Waals surface area (Å²) in [5, 5.41) is 21.8.